The molecule has 0 aromatic carbocycles. The Morgan fingerprint density at radius 2 is 2.17 bits per heavy atom. The zero-order chi connectivity index (χ0) is 13.0. The van der Waals surface area contributed by atoms with Crippen LogP contribution in [0.2, 0.25) is 0 Å². The van der Waals surface area contributed by atoms with Crippen LogP contribution in [0.4, 0.5) is 5.95 Å². The molecule has 18 heavy (non-hydrogen) atoms. The standard InChI is InChI=1S/C12H13N5S/c1-8-3-2-4-9(16-8)7-15-12-14-6-5-10(17-12)11(13)18/h2-6H,7H2,1H3,(H2,13,18)(H,14,15,17). The molecule has 0 aliphatic heterocycles. The SMILES string of the molecule is Cc1cccc(CNc2nccc(C(N)=S)n2)n1. The third-order valence-corrected chi connectivity index (χ3v) is 2.49. The van der Waals surface area contributed by atoms with Gasteiger partial charge in [0, 0.05) is 11.9 Å². The maximum Gasteiger partial charge on any atom is 0.223 e. The van der Waals surface area contributed by atoms with Crippen molar-refractivity contribution in [2.75, 3.05) is 5.32 Å². The van der Waals surface area contributed by atoms with Crippen molar-refractivity contribution < 1.29 is 0 Å². The highest BCUT2D eigenvalue weighted by molar-refractivity contribution is 7.80. The Bertz CT molecular complexity index is 570. The Hall–Kier alpha value is -2.08. The maximum absolute atomic E-state index is 5.51. The van der Waals surface area contributed by atoms with E-state index in [0.717, 1.165) is 11.4 Å². The molecule has 0 fully saturated rings. The van der Waals surface area contributed by atoms with Gasteiger partial charge in [-0.1, -0.05) is 18.3 Å². The summed E-state index contributed by atoms with van der Waals surface area (Å²) in [5, 5.41) is 3.08. The van der Waals surface area contributed by atoms with Crippen molar-refractivity contribution in [1.82, 2.24) is 15.0 Å². The number of pyridine rings is 1. The summed E-state index contributed by atoms with van der Waals surface area (Å²) in [6.45, 7) is 2.51. The van der Waals surface area contributed by atoms with E-state index in [-0.39, 0.29) is 4.99 Å². The smallest absolute Gasteiger partial charge is 0.223 e. The minimum atomic E-state index is 0.258. The number of aromatic nitrogens is 3. The third kappa shape index (κ3) is 3.21. The number of aryl methyl sites for hydroxylation is 1. The molecular weight excluding hydrogens is 246 g/mol. The second kappa shape index (κ2) is 5.50. The fraction of sp³-hybridized carbons (Fsp3) is 0.167. The molecule has 2 rings (SSSR count). The molecule has 6 heteroatoms. The van der Waals surface area contributed by atoms with Crippen LogP contribution in [0, 0.1) is 6.92 Å². The molecule has 0 aliphatic rings. The van der Waals surface area contributed by atoms with Crippen molar-refractivity contribution in [3.63, 3.8) is 0 Å². The van der Waals surface area contributed by atoms with E-state index >= 15 is 0 Å². The monoisotopic (exact) mass is 259 g/mol. The second-order valence-electron chi connectivity index (χ2n) is 3.75. The predicted octanol–water partition coefficient (Wildman–Crippen LogP) is 1.43. The van der Waals surface area contributed by atoms with Gasteiger partial charge in [0.1, 0.15) is 10.7 Å². The van der Waals surface area contributed by atoms with Crippen molar-refractivity contribution in [3.05, 3.63) is 47.5 Å². The van der Waals surface area contributed by atoms with Gasteiger partial charge in [0.25, 0.3) is 0 Å². The van der Waals surface area contributed by atoms with Gasteiger partial charge in [0.15, 0.2) is 0 Å². The summed E-state index contributed by atoms with van der Waals surface area (Å²) in [6, 6.07) is 7.54. The van der Waals surface area contributed by atoms with Crippen LogP contribution in [0.1, 0.15) is 17.1 Å². The number of anilines is 1. The first-order chi connectivity index (χ1) is 8.65. The van der Waals surface area contributed by atoms with Crippen LogP contribution < -0.4 is 11.1 Å². The molecule has 2 aromatic rings. The van der Waals surface area contributed by atoms with Crippen molar-refractivity contribution in [1.29, 1.82) is 0 Å². The highest BCUT2D eigenvalue weighted by atomic mass is 32.1. The minimum Gasteiger partial charge on any atom is -0.388 e. The maximum atomic E-state index is 5.51. The van der Waals surface area contributed by atoms with Gasteiger partial charge >= 0.3 is 0 Å². The Kier molecular flexibility index (Phi) is 3.78. The first-order valence-electron chi connectivity index (χ1n) is 5.44. The number of hydrogen-bond donors (Lipinski definition) is 2. The molecule has 0 aliphatic carbocycles. The van der Waals surface area contributed by atoms with Gasteiger partial charge in [-0.25, -0.2) is 9.97 Å². The zero-order valence-corrected chi connectivity index (χ0v) is 10.7. The van der Waals surface area contributed by atoms with Crippen LogP contribution in [-0.4, -0.2) is 19.9 Å². The minimum absolute atomic E-state index is 0.258. The molecule has 2 aromatic heterocycles. The molecule has 0 radical (unpaired) electrons. The summed E-state index contributed by atoms with van der Waals surface area (Å²) in [7, 11) is 0. The lowest BCUT2D eigenvalue weighted by molar-refractivity contribution is 0.981. The summed E-state index contributed by atoms with van der Waals surface area (Å²) < 4.78 is 0. The van der Waals surface area contributed by atoms with Crippen molar-refractivity contribution >= 4 is 23.2 Å². The predicted molar refractivity (Wildman–Crippen MR) is 74.2 cm³/mol. The summed E-state index contributed by atoms with van der Waals surface area (Å²) in [5.41, 5.74) is 7.97. The van der Waals surface area contributed by atoms with Crippen LogP contribution in [0.15, 0.2) is 30.5 Å². The highest BCUT2D eigenvalue weighted by Gasteiger charge is 2.02. The quantitative estimate of drug-likeness (QED) is 0.809. The molecule has 92 valence electrons. The number of nitrogens with zero attached hydrogens (tertiary/aromatic N) is 3. The Morgan fingerprint density at radius 3 is 2.89 bits per heavy atom. The van der Waals surface area contributed by atoms with Gasteiger partial charge < -0.3 is 11.1 Å². The number of thiocarbonyl (C=S) groups is 1. The molecule has 0 spiro atoms. The first kappa shape index (κ1) is 12.4. The summed E-state index contributed by atoms with van der Waals surface area (Å²) in [6.07, 6.45) is 1.62. The molecule has 2 heterocycles. The largest absolute Gasteiger partial charge is 0.388 e. The fourth-order valence-corrected chi connectivity index (χ4v) is 1.56. The van der Waals surface area contributed by atoms with Gasteiger partial charge in [0.2, 0.25) is 5.95 Å². The van der Waals surface area contributed by atoms with Crippen molar-refractivity contribution in [3.8, 4) is 0 Å². The number of nitrogens with two attached hydrogens (primary N) is 1. The van der Waals surface area contributed by atoms with Crippen LogP contribution in [0.25, 0.3) is 0 Å². The van der Waals surface area contributed by atoms with E-state index in [1.54, 1.807) is 12.3 Å². The van der Waals surface area contributed by atoms with E-state index in [9.17, 15) is 0 Å². The van der Waals surface area contributed by atoms with E-state index in [1.165, 1.54) is 0 Å². The van der Waals surface area contributed by atoms with E-state index in [1.807, 2.05) is 25.1 Å². The Labute approximate surface area is 110 Å². The van der Waals surface area contributed by atoms with Crippen LogP contribution in [0.5, 0.6) is 0 Å². The van der Waals surface area contributed by atoms with Crippen LogP contribution >= 0.6 is 12.2 Å². The lowest BCUT2D eigenvalue weighted by Gasteiger charge is -2.05. The van der Waals surface area contributed by atoms with Crippen molar-refractivity contribution in [2.45, 2.75) is 13.5 Å². The molecule has 5 nitrogen and oxygen atoms in total. The fourth-order valence-electron chi connectivity index (χ4n) is 1.45. The lowest BCUT2D eigenvalue weighted by atomic mass is 10.3. The topological polar surface area (TPSA) is 76.7 Å². The average Bonchev–Trinajstić information content (AvgIpc) is 2.37. The van der Waals surface area contributed by atoms with Crippen LogP contribution in [-0.2, 0) is 6.54 Å². The second-order valence-corrected chi connectivity index (χ2v) is 4.19. The van der Waals surface area contributed by atoms with Gasteiger partial charge in [-0.2, -0.15) is 0 Å². The Morgan fingerprint density at radius 1 is 1.33 bits per heavy atom. The van der Waals surface area contributed by atoms with Gasteiger partial charge in [-0.3, -0.25) is 4.98 Å². The van der Waals surface area contributed by atoms with Crippen molar-refractivity contribution in [2.24, 2.45) is 5.73 Å². The normalized spacial score (nSPS) is 10.1. The molecule has 0 saturated carbocycles. The Balaban J connectivity index is 2.06. The molecular formula is C12H13N5S. The van der Waals surface area contributed by atoms with Gasteiger partial charge in [0.05, 0.1) is 12.2 Å². The highest BCUT2D eigenvalue weighted by Crippen LogP contribution is 2.04. The van der Waals surface area contributed by atoms with Gasteiger partial charge in [-0.05, 0) is 25.1 Å². The van der Waals surface area contributed by atoms with E-state index in [0.29, 0.717) is 18.2 Å². The average molecular weight is 259 g/mol. The zero-order valence-electron chi connectivity index (χ0n) is 9.92. The summed E-state index contributed by atoms with van der Waals surface area (Å²) in [5.74, 6) is 0.489. The number of rotatable bonds is 4. The number of hydrogen-bond acceptors (Lipinski definition) is 5. The molecule has 0 saturated heterocycles. The summed E-state index contributed by atoms with van der Waals surface area (Å²) >= 11 is 4.86. The lowest BCUT2D eigenvalue weighted by Crippen LogP contribution is -2.14. The molecule has 3 N–H and O–H groups in total. The van der Waals surface area contributed by atoms with Crippen LogP contribution in [0.3, 0.4) is 0 Å². The number of nitrogens with one attached hydrogen (secondary N) is 1. The van der Waals surface area contributed by atoms with E-state index in [4.69, 9.17) is 18.0 Å². The third-order valence-electron chi connectivity index (χ3n) is 2.28. The van der Waals surface area contributed by atoms with E-state index < -0.39 is 0 Å². The molecule has 0 amide bonds. The summed E-state index contributed by atoms with van der Waals surface area (Å²) in [4.78, 5) is 12.9. The molecule has 0 unspecified atom stereocenters. The molecule has 0 bridgehead atoms. The van der Waals surface area contributed by atoms with E-state index in [2.05, 4.69) is 20.3 Å². The molecule has 0 atom stereocenters. The van der Waals surface area contributed by atoms with Gasteiger partial charge in [-0.15, -0.1) is 0 Å². The first-order valence-corrected chi connectivity index (χ1v) is 5.85.